The van der Waals surface area contributed by atoms with Crippen LogP contribution in [0.2, 0.25) is 0 Å². The van der Waals surface area contributed by atoms with Gasteiger partial charge in [-0.05, 0) is 29.7 Å². The summed E-state index contributed by atoms with van der Waals surface area (Å²) in [5.41, 5.74) is 3.47. The fraction of sp³-hybridized carbons (Fsp3) is 0.200. The Morgan fingerprint density at radius 3 is 2.25 bits per heavy atom. The summed E-state index contributed by atoms with van der Waals surface area (Å²) in [7, 11) is 0. The van der Waals surface area contributed by atoms with E-state index in [1.807, 2.05) is 25.1 Å². The van der Waals surface area contributed by atoms with Gasteiger partial charge < -0.3 is 5.11 Å². The average molecular weight is 212 g/mol. The summed E-state index contributed by atoms with van der Waals surface area (Å²) in [6, 6.07) is 16.2. The van der Waals surface area contributed by atoms with E-state index in [2.05, 4.69) is 31.2 Å². The van der Waals surface area contributed by atoms with Crippen LogP contribution in [0.5, 0.6) is 5.75 Å². The van der Waals surface area contributed by atoms with Crippen LogP contribution in [-0.2, 0) is 0 Å². The zero-order valence-corrected chi connectivity index (χ0v) is 9.64. The van der Waals surface area contributed by atoms with Gasteiger partial charge in [0.25, 0.3) is 0 Å². The van der Waals surface area contributed by atoms with E-state index in [4.69, 9.17) is 0 Å². The van der Waals surface area contributed by atoms with Crippen molar-refractivity contribution >= 4 is 0 Å². The molecule has 0 radical (unpaired) electrons. The van der Waals surface area contributed by atoms with Crippen LogP contribution < -0.4 is 0 Å². The van der Waals surface area contributed by atoms with Crippen molar-refractivity contribution < 1.29 is 5.11 Å². The van der Waals surface area contributed by atoms with E-state index in [0.29, 0.717) is 11.7 Å². The molecule has 1 heteroatoms. The molecule has 2 rings (SSSR count). The van der Waals surface area contributed by atoms with Crippen LogP contribution in [0, 0.1) is 6.92 Å². The molecule has 0 aliphatic rings. The van der Waals surface area contributed by atoms with Gasteiger partial charge in [0.2, 0.25) is 0 Å². The number of aryl methyl sites for hydroxylation is 1. The summed E-state index contributed by atoms with van der Waals surface area (Å²) >= 11 is 0. The van der Waals surface area contributed by atoms with Gasteiger partial charge in [0, 0.05) is 5.92 Å². The van der Waals surface area contributed by atoms with Crippen LogP contribution in [-0.4, -0.2) is 5.11 Å². The first-order valence-corrected chi connectivity index (χ1v) is 5.53. The summed E-state index contributed by atoms with van der Waals surface area (Å²) < 4.78 is 0. The highest BCUT2D eigenvalue weighted by atomic mass is 16.3. The first kappa shape index (κ1) is 10.7. The molecule has 0 amide bonds. The molecular formula is C15H16O. The third kappa shape index (κ3) is 2.08. The van der Waals surface area contributed by atoms with Crippen molar-refractivity contribution in [3.8, 4) is 5.75 Å². The summed E-state index contributed by atoms with van der Waals surface area (Å²) in [5, 5.41) is 9.50. The maximum absolute atomic E-state index is 9.50. The topological polar surface area (TPSA) is 20.2 Å². The number of hydrogen-bond acceptors (Lipinski definition) is 1. The van der Waals surface area contributed by atoms with Crippen LogP contribution in [0.15, 0.2) is 48.5 Å². The monoisotopic (exact) mass is 212 g/mol. The number of benzene rings is 2. The molecule has 0 bridgehead atoms. The minimum atomic E-state index is 0.362. The molecular weight excluding hydrogens is 196 g/mol. The molecule has 2 aromatic carbocycles. The lowest BCUT2D eigenvalue weighted by atomic mass is 9.92. The second kappa shape index (κ2) is 4.40. The molecule has 0 heterocycles. The van der Waals surface area contributed by atoms with Gasteiger partial charge in [-0.3, -0.25) is 0 Å². The van der Waals surface area contributed by atoms with Crippen molar-refractivity contribution in [2.75, 3.05) is 0 Å². The van der Waals surface area contributed by atoms with Crippen LogP contribution in [0.1, 0.15) is 29.5 Å². The Morgan fingerprint density at radius 2 is 1.62 bits per heavy atom. The van der Waals surface area contributed by atoms with Gasteiger partial charge >= 0.3 is 0 Å². The van der Waals surface area contributed by atoms with Crippen molar-refractivity contribution in [3.63, 3.8) is 0 Å². The number of hydrogen-bond donors (Lipinski definition) is 1. The molecule has 0 saturated heterocycles. The fourth-order valence-electron chi connectivity index (χ4n) is 1.88. The van der Waals surface area contributed by atoms with E-state index in [0.717, 1.165) is 5.56 Å². The second-order valence-electron chi connectivity index (χ2n) is 4.18. The molecule has 0 fully saturated rings. The summed E-state index contributed by atoms with van der Waals surface area (Å²) in [6.07, 6.45) is 0. The first-order valence-electron chi connectivity index (χ1n) is 5.53. The molecule has 1 unspecified atom stereocenters. The molecule has 0 aliphatic carbocycles. The lowest BCUT2D eigenvalue weighted by Gasteiger charge is -2.13. The van der Waals surface area contributed by atoms with Crippen molar-refractivity contribution in [1.29, 1.82) is 0 Å². The second-order valence-corrected chi connectivity index (χ2v) is 4.18. The maximum atomic E-state index is 9.50. The maximum Gasteiger partial charge on any atom is 0.118 e. The number of phenolic OH excluding ortho intramolecular Hbond substituents is 1. The zero-order chi connectivity index (χ0) is 11.5. The quantitative estimate of drug-likeness (QED) is 0.801. The highest BCUT2D eigenvalue weighted by molar-refractivity contribution is 5.39. The smallest absolute Gasteiger partial charge is 0.118 e. The van der Waals surface area contributed by atoms with Crippen molar-refractivity contribution in [1.82, 2.24) is 0 Å². The Bertz CT molecular complexity index is 474. The Labute approximate surface area is 96.4 Å². The van der Waals surface area contributed by atoms with Gasteiger partial charge in [0.05, 0.1) is 0 Å². The molecule has 2 aromatic rings. The highest BCUT2D eigenvalue weighted by Crippen LogP contribution is 2.27. The fourth-order valence-corrected chi connectivity index (χ4v) is 1.88. The Balaban J connectivity index is 2.34. The van der Waals surface area contributed by atoms with Crippen molar-refractivity contribution in [2.24, 2.45) is 0 Å². The summed E-state index contributed by atoms with van der Waals surface area (Å²) in [6.45, 7) is 4.11. The van der Waals surface area contributed by atoms with E-state index >= 15 is 0 Å². The third-order valence-corrected chi connectivity index (χ3v) is 3.02. The molecule has 1 atom stereocenters. The minimum Gasteiger partial charge on any atom is -0.508 e. The average Bonchev–Trinajstić information content (AvgIpc) is 2.33. The molecule has 1 N–H and O–H groups in total. The standard InChI is InChI=1S/C15H16O/c1-11-10-14(8-9-15(11)16)12(2)13-6-4-3-5-7-13/h3-10,12,16H,1-2H3. The van der Waals surface area contributed by atoms with Crippen LogP contribution in [0.25, 0.3) is 0 Å². The van der Waals surface area contributed by atoms with Gasteiger partial charge in [-0.25, -0.2) is 0 Å². The van der Waals surface area contributed by atoms with Gasteiger partial charge in [0.1, 0.15) is 5.75 Å². The predicted molar refractivity (Wildman–Crippen MR) is 66.8 cm³/mol. The van der Waals surface area contributed by atoms with Crippen molar-refractivity contribution in [2.45, 2.75) is 19.8 Å². The minimum absolute atomic E-state index is 0.362. The SMILES string of the molecule is Cc1cc(C(C)c2ccccc2)ccc1O. The number of aromatic hydroxyl groups is 1. The molecule has 82 valence electrons. The Kier molecular flexibility index (Phi) is 2.95. The van der Waals surface area contributed by atoms with Gasteiger partial charge in [-0.1, -0.05) is 49.4 Å². The van der Waals surface area contributed by atoms with Gasteiger partial charge in [-0.15, -0.1) is 0 Å². The van der Waals surface area contributed by atoms with Gasteiger partial charge in [-0.2, -0.15) is 0 Å². The van der Waals surface area contributed by atoms with Crippen LogP contribution in [0.3, 0.4) is 0 Å². The number of rotatable bonds is 2. The molecule has 0 saturated carbocycles. The Morgan fingerprint density at radius 1 is 0.938 bits per heavy atom. The van der Waals surface area contributed by atoms with E-state index < -0.39 is 0 Å². The van der Waals surface area contributed by atoms with E-state index in [-0.39, 0.29) is 0 Å². The third-order valence-electron chi connectivity index (χ3n) is 3.02. The molecule has 16 heavy (non-hydrogen) atoms. The molecule has 0 aromatic heterocycles. The van der Waals surface area contributed by atoms with Crippen LogP contribution in [0.4, 0.5) is 0 Å². The highest BCUT2D eigenvalue weighted by Gasteiger charge is 2.08. The van der Waals surface area contributed by atoms with Gasteiger partial charge in [0.15, 0.2) is 0 Å². The first-order chi connectivity index (χ1) is 7.68. The predicted octanol–water partition coefficient (Wildman–Crippen LogP) is 3.85. The normalized spacial score (nSPS) is 12.4. The van der Waals surface area contributed by atoms with Crippen molar-refractivity contribution in [3.05, 3.63) is 65.2 Å². The van der Waals surface area contributed by atoms with E-state index in [1.165, 1.54) is 11.1 Å². The lowest BCUT2D eigenvalue weighted by molar-refractivity contribution is 0.471. The molecule has 0 aliphatic heterocycles. The summed E-state index contributed by atoms with van der Waals surface area (Å²) in [5.74, 6) is 0.726. The van der Waals surface area contributed by atoms with Crippen LogP contribution >= 0.6 is 0 Å². The summed E-state index contributed by atoms with van der Waals surface area (Å²) in [4.78, 5) is 0. The van der Waals surface area contributed by atoms with E-state index in [1.54, 1.807) is 6.07 Å². The number of phenols is 1. The van der Waals surface area contributed by atoms with E-state index in [9.17, 15) is 5.11 Å². The largest absolute Gasteiger partial charge is 0.508 e. The molecule has 0 spiro atoms. The lowest BCUT2D eigenvalue weighted by Crippen LogP contribution is -1.95. The Hall–Kier alpha value is -1.76. The zero-order valence-electron chi connectivity index (χ0n) is 9.64. The molecule has 1 nitrogen and oxygen atoms in total.